The summed E-state index contributed by atoms with van der Waals surface area (Å²) >= 11 is 7.42. The van der Waals surface area contributed by atoms with E-state index in [1.807, 2.05) is 32.0 Å². The summed E-state index contributed by atoms with van der Waals surface area (Å²) in [6.45, 7) is 3.71. The second-order valence-corrected chi connectivity index (χ2v) is 7.99. The minimum atomic E-state index is -1.07. The first-order chi connectivity index (χ1) is 14.4. The van der Waals surface area contributed by atoms with Crippen molar-refractivity contribution in [3.05, 3.63) is 57.5 Å². The van der Waals surface area contributed by atoms with E-state index < -0.39 is 12.6 Å². The van der Waals surface area contributed by atoms with E-state index in [1.54, 1.807) is 24.3 Å². The number of benzene rings is 2. The van der Waals surface area contributed by atoms with Crippen molar-refractivity contribution >= 4 is 47.0 Å². The molecule has 1 amide bonds. The van der Waals surface area contributed by atoms with E-state index in [4.69, 9.17) is 26.2 Å². The number of rotatable bonds is 8. The van der Waals surface area contributed by atoms with Gasteiger partial charge in [-0.25, -0.2) is 4.79 Å². The Bertz CT molecular complexity index is 995. The van der Waals surface area contributed by atoms with Crippen molar-refractivity contribution in [2.24, 2.45) is 0 Å². The second-order valence-electron chi connectivity index (χ2n) is 6.41. The minimum Gasteiger partial charge on any atom is -0.490 e. The summed E-state index contributed by atoms with van der Waals surface area (Å²) in [4.78, 5) is 23.7. The molecule has 1 heterocycles. The molecule has 158 valence electrons. The van der Waals surface area contributed by atoms with Gasteiger partial charge in [-0.3, -0.25) is 4.79 Å². The number of carbonyl (C=O) groups is 2. The summed E-state index contributed by atoms with van der Waals surface area (Å²) in [6.07, 6.45) is 1.75. The lowest BCUT2D eigenvalue weighted by Crippen LogP contribution is -2.31. The van der Waals surface area contributed by atoms with Crippen LogP contribution in [0.15, 0.2) is 41.3 Å². The van der Waals surface area contributed by atoms with Crippen molar-refractivity contribution < 1.29 is 24.2 Å². The van der Waals surface area contributed by atoms with Crippen LogP contribution in [0.1, 0.15) is 18.1 Å². The molecule has 3 N–H and O–H groups in total. The Kier molecular flexibility index (Phi) is 7.12. The second kappa shape index (κ2) is 9.77. The number of hydrogen-bond acceptors (Lipinski definition) is 6. The monoisotopic (exact) mass is 448 g/mol. The number of carbonyl (C=O) groups excluding carboxylic acids is 1. The minimum absolute atomic E-state index is 0.193. The van der Waals surface area contributed by atoms with Crippen LogP contribution in [0, 0.1) is 6.92 Å². The molecule has 1 atom stereocenters. The fourth-order valence-electron chi connectivity index (χ4n) is 2.75. The average Bonchev–Trinajstić information content (AvgIpc) is 3.03. The van der Waals surface area contributed by atoms with Crippen molar-refractivity contribution in [1.82, 2.24) is 5.32 Å². The lowest BCUT2D eigenvalue weighted by molar-refractivity contribution is -0.139. The number of nitrogens with one attached hydrogen (secondary N) is 2. The number of hydrogen-bond donors (Lipinski definition) is 3. The maximum Gasteiger partial charge on any atom is 0.341 e. The van der Waals surface area contributed by atoms with E-state index in [0.717, 1.165) is 16.8 Å². The van der Waals surface area contributed by atoms with Gasteiger partial charge in [-0.15, -0.1) is 0 Å². The fraction of sp³-hybridized carbons (Fsp3) is 0.238. The molecule has 0 saturated carbocycles. The zero-order chi connectivity index (χ0) is 21.7. The van der Waals surface area contributed by atoms with Crippen LogP contribution >= 0.6 is 23.4 Å². The molecule has 2 aromatic carbocycles. The van der Waals surface area contributed by atoms with Crippen LogP contribution in [0.2, 0.25) is 5.02 Å². The van der Waals surface area contributed by atoms with E-state index in [2.05, 4.69) is 10.6 Å². The highest BCUT2D eigenvalue weighted by Gasteiger charge is 2.27. The Morgan fingerprint density at radius 2 is 2.07 bits per heavy atom. The molecule has 0 radical (unpaired) electrons. The van der Waals surface area contributed by atoms with E-state index in [9.17, 15) is 9.59 Å². The van der Waals surface area contributed by atoms with Gasteiger partial charge >= 0.3 is 5.97 Å². The van der Waals surface area contributed by atoms with Gasteiger partial charge in [-0.05, 0) is 55.3 Å². The molecule has 9 heteroatoms. The maximum atomic E-state index is 12.4. The molecule has 30 heavy (non-hydrogen) atoms. The van der Waals surface area contributed by atoms with Gasteiger partial charge in [0.25, 0.3) is 5.91 Å². The Morgan fingerprint density at radius 1 is 1.27 bits per heavy atom. The standard InChI is InChI=1S/C21H21ClN2O5S/c1-3-28-17-8-13(5-7-16(17)29-11-19(25)26)9-18-20(27)24-21(30-18)23-15-10-14(22)6-4-12(15)2/h4-10,21,23H,3,11H2,1-2H3,(H,24,27)(H,25,26)/b18-9-. The van der Waals surface area contributed by atoms with Crippen molar-refractivity contribution in [3.63, 3.8) is 0 Å². The summed E-state index contributed by atoms with van der Waals surface area (Å²) in [5.41, 5.74) is 2.27. The van der Waals surface area contributed by atoms with E-state index in [0.29, 0.717) is 28.0 Å². The highest BCUT2D eigenvalue weighted by molar-refractivity contribution is 8.05. The van der Waals surface area contributed by atoms with Gasteiger partial charge in [0.2, 0.25) is 0 Å². The first kappa shape index (κ1) is 21.9. The predicted molar refractivity (Wildman–Crippen MR) is 118 cm³/mol. The van der Waals surface area contributed by atoms with Gasteiger partial charge < -0.3 is 25.2 Å². The molecular formula is C21H21ClN2O5S. The number of aryl methyl sites for hydroxylation is 1. The van der Waals surface area contributed by atoms with Crippen LogP contribution < -0.4 is 20.1 Å². The van der Waals surface area contributed by atoms with Crippen LogP contribution in [0.25, 0.3) is 6.08 Å². The summed E-state index contributed by atoms with van der Waals surface area (Å²) in [6, 6.07) is 10.6. The zero-order valence-corrected chi connectivity index (χ0v) is 18.0. The van der Waals surface area contributed by atoms with Gasteiger partial charge in [-0.1, -0.05) is 35.5 Å². The Labute approximate surface area is 183 Å². The van der Waals surface area contributed by atoms with E-state index in [1.165, 1.54) is 11.8 Å². The van der Waals surface area contributed by atoms with Gasteiger partial charge in [0.15, 0.2) is 23.6 Å². The number of halogens is 1. The van der Waals surface area contributed by atoms with Crippen molar-refractivity contribution in [3.8, 4) is 11.5 Å². The lowest BCUT2D eigenvalue weighted by atomic mass is 10.2. The first-order valence-corrected chi connectivity index (χ1v) is 10.4. The quantitative estimate of drug-likeness (QED) is 0.523. The predicted octanol–water partition coefficient (Wildman–Crippen LogP) is 4.11. The summed E-state index contributed by atoms with van der Waals surface area (Å²) in [5.74, 6) is -0.515. The van der Waals surface area contributed by atoms with Crippen LogP contribution in [-0.2, 0) is 9.59 Å². The average molecular weight is 449 g/mol. The molecule has 0 spiro atoms. The highest BCUT2D eigenvalue weighted by Crippen LogP contribution is 2.34. The SMILES string of the molecule is CCOc1cc(/C=C2\SC(Nc3cc(Cl)ccc3C)NC2=O)ccc1OCC(=O)O. The molecule has 2 aromatic rings. The molecule has 7 nitrogen and oxygen atoms in total. The molecule has 0 aromatic heterocycles. The van der Waals surface area contributed by atoms with E-state index in [-0.39, 0.29) is 11.4 Å². The van der Waals surface area contributed by atoms with E-state index >= 15 is 0 Å². The first-order valence-electron chi connectivity index (χ1n) is 9.19. The van der Waals surface area contributed by atoms with Gasteiger partial charge in [0.05, 0.1) is 11.5 Å². The number of thioether (sulfide) groups is 1. The Hall–Kier alpha value is -2.84. The largest absolute Gasteiger partial charge is 0.490 e. The molecule has 3 rings (SSSR count). The number of ether oxygens (including phenoxy) is 2. The lowest BCUT2D eigenvalue weighted by Gasteiger charge is -2.15. The number of anilines is 1. The zero-order valence-electron chi connectivity index (χ0n) is 16.4. The van der Waals surface area contributed by atoms with Gasteiger partial charge in [0, 0.05) is 10.7 Å². The van der Waals surface area contributed by atoms with Crippen LogP contribution in [0.4, 0.5) is 5.69 Å². The maximum absolute atomic E-state index is 12.4. The molecular weight excluding hydrogens is 428 g/mol. The third kappa shape index (κ3) is 5.61. The Morgan fingerprint density at radius 3 is 2.80 bits per heavy atom. The molecule has 0 aliphatic carbocycles. The molecule has 1 fully saturated rings. The van der Waals surface area contributed by atoms with Gasteiger partial charge in [0.1, 0.15) is 0 Å². The Balaban J connectivity index is 1.75. The van der Waals surface area contributed by atoms with Crippen molar-refractivity contribution in [2.75, 3.05) is 18.5 Å². The number of carboxylic acid groups (broad SMARTS) is 1. The molecule has 0 bridgehead atoms. The van der Waals surface area contributed by atoms with Crippen LogP contribution in [0.3, 0.4) is 0 Å². The highest BCUT2D eigenvalue weighted by atomic mass is 35.5. The molecule has 1 unspecified atom stereocenters. The topological polar surface area (TPSA) is 96.9 Å². The molecule has 1 aliphatic heterocycles. The molecule has 1 saturated heterocycles. The summed E-state index contributed by atoms with van der Waals surface area (Å²) in [7, 11) is 0. The smallest absolute Gasteiger partial charge is 0.341 e. The number of amides is 1. The van der Waals surface area contributed by atoms with Crippen molar-refractivity contribution in [1.29, 1.82) is 0 Å². The van der Waals surface area contributed by atoms with Crippen molar-refractivity contribution in [2.45, 2.75) is 19.3 Å². The third-order valence-corrected chi connectivity index (χ3v) is 5.40. The number of carboxylic acids is 1. The van der Waals surface area contributed by atoms with Gasteiger partial charge in [-0.2, -0.15) is 0 Å². The molecule has 1 aliphatic rings. The fourth-order valence-corrected chi connectivity index (χ4v) is 3.90. The van der Waals surface area contributed by atoms with Crippen LogP contribution in [0.5, 0.6) is 11.5 Å². The van der Waals surface area contributed by atoms with Crippen LogP contribution in [-0.4, -0.2) is 35.7 Å². The number of aliphatic carboxylic acids is 1. The summed E-state index contributed by atoms with van der Waals surface area (Å²) < 4.78 is 10.8. The third-order valence-electron chi connectivity index (χ3n) is 4.13. The summed E-state index contributed by atoms with van der Waals surface area (Å²) in [5, 5.41) is 15.6. The normalized spacial score (nSPS) is 17.0.